The Morgan fingerprint density at radius 1 is 1.11 bits per heavy atom. The zero-order valence-corrected chi connectivity index (χ0v) is 16.4. The third-order valence-electron chi connectivity index (χ3n) is 4.69. The Bertz CT molecular complexity index is 1120. The number of benzene rings is 2. The Morgan fingerprint density at radius 2 is 1.85 bits per heavy atom. The first-order valence-corrected chi connectivity index (χ1v) is 9.95. The van der Waals surface area contributed by atoms with Crippen molar-refractivity contribution in [3.63, 3.8) is 0 Å². The van der Waals surface area contributed by atoms with Crippen molar-refractivity contribution >= 4 is 33.4 Å². The minimum Gasteiger partial charge on any atom is -0.295 e. The molecule has 0 aliphatic carbocycles. The molecule has 0 amide bonds. The minimum atomic E-state index is -0.0294. The van der Waals surface area contributed by atoms with Crippen molar-refractivity contribution in [2.75, 3.05) is 0 Å². The number of aryl methyl sites for hydroxylation is 1. The molecule has 2 heterocycles. The van der Waals surface area contributed by atoms with Crippen LogP contribution >= 0.6 is 23.1 Å². The Labute approximate surface area is 166 Å². The van der Waals surface area contributed by atoms with Crippen molar-refractivity contribution in [1.82, 2.24) is 13.9 Å². The van der Waals surface area contributed by atoms with Gasteiger partial charge in [0.25, 0.3) is 5.56 Å². The van der Waals surface area contributed by atoms with Gasteiger partial charge in [0.2, 0.25) is 0 Å². The molecule has 0 aliphatic rings. The van der Waals surface area contributed by atoms with E-state index in [1.807, 2.05) is 42.5 Å². The van der Waals surface area contributed by atoms with E-state index in [9.17, 15) is 4.79 Å². The lowest BCUT2D eigenvalue weighted by atomic mass is 10.1. The Kier molecular flexibility index (Phi) is 5.05. The molecule has 4 rings (SSSR count). The van der Waals surface area contributed by atoms with Crippen molar-refractivity contribution in [2.24, 2.45) is 0 Å². The van der Waals surface area contributed by atoms with Gasteiger partial charge in [-0.15, -0.1) is 0 Å². The van der Waals surface area contributed by atoms with Crippen molar-refractivity contribution in [3.05, 3.63) is 81.9 Å². The van der Waals surface area contributed by atoms with Crippen molar-refractivity contribution < 1.29 is 0 Å². The molecule has 6 heteroatoms. The maximum Gasteiger partial charge on any atom is 0.273 e. The summed E-state index contributed by atoms with van der Waals surface area (Å²) < 4.78 is 6.78. The molecule has 4 aromatic rings. The first-order chi connectivity index (χ1) is 13.1. The summed E-state index contributed by atoms with van der Waals surface area (Å²) in [5.74, 6) is 0. The second kappa shape index (κ2) is 7.62. The summed E-state index contributed by atoms with van der Waals surface area (Å²) in [4.78, 5) is 17.5. The molecule has 136 valence electrons. The van der Waals surface area contributed by atoms with Gasteiger partial charge in [-0.25, -0.2) is 4.98 Å². The lowest BCUT2D eigenvalue weighted by Gasteiger charge is -2.14. The summed E-state index contributed by atoms with van der Waals surface area (Å²) in [5, 5.41) is 0.667. The molecule has 0 fully saturated rings. The molecule has 2 aromatic heterocycles. The fourth-order valence-electron chi connectivity index (χ4n) is 3.11. The van der Waals surface area contributed by atoms with Crippen LogP contribution in [0.1, 0.15) is 24.9 Å². The van der Waals surface area contributed by atoms with Crippen LogP contribution in [-0.4, -0.2) is 13.9 Å². The van der Waals surface area contributed by atoms with E-state index in [1.54, 1.807) is 10.9 Å². The number of fused-ring (bicyclic) bond motifs is 1. The van der Waals surface area contributed by atoms with Gasteiger partial charge in [0, 0.05) is 16.6 Å². The Hall–Kier alpha value is -2.50. The van der Waals surface area contributed by atoms with Gasteiger partial charge in [-0.2, -0.15) is 4.37 Å². The second-order valence-electron chi connectivity index (χ2n) is 6.55. The van der Waals surface area contributed by atoms with Crippen LogP contribution in [0.5, 0.6) is 0 Å². The van der Waals surface area contributed by atoms with E-state index in [-0.39, 0.29) is 11.6 Å². The Balaban J connectivity index is 1.63. The van der Waals surface area contributed by atoms with Crippen molar-refractivity contribution in [1.29, 1.82) is 0 Å². The molecule has 1 atom stereocenters. The summed E-state index contributed by atoms with van der Waals surface area (Å²) in [6, 6.07) is 17.8. The first-order valence-electron chi connectivity index (χ1n) is 8.80. The number of halogens is 1. The predicted octanol–water partition coefficient (Wildman–Crippen LogP) is 5.37. The summed E-state index contributed by atoms with van der Waals surface area (Å²) in [6.07, 6.45) is 3.44. The van der Waals surface area contributed by atoms with Gasteiger partial charge in [0.05, 0.1) is 6.33 Å². The van der Waals surface area contributed by atoms with Crippen LogP contribution in [0, 0.1) is 0 Å². The largest absolute Gasteiger partial charge is 0.295 e. The fraction of sp³-hybridized carbons (Fsp3) is 0.190. The van der Waals surface area contributed by atoms with E-state index in [0.717, 1.165) is 24.1 Å². The number of rotatable bonds is 5. The highest BCUT2D eigenvalue weighted by molar-refractivity contribution is 7.13. The first kappa shape index (κ1) is 17.9. The molecule has 0 bridgehead atoms. The summed E-state index contributed by atoms with van der Waals surface area (Å²) in [6.45, 7) is 2.05. The van der Waals surface area contributed by atoms with Gasteiger partial charge in [-0.05, 0) is 49.0 Å². The fourth-order valence-corrected chi connectivity index (χ4v) is 4.03. The zero-order valence-electron chi connectivity index (χ0n) is 14.8. The monoisotopic (exact) mass is 395 g/mol. The topological polar surface area (TPSA) is 47.8 Å². The molecule has 4 nitrogen and oxygen atoms in total. The molecule has 0 unspecified atom stereocenters. The third-order valence-corrected chi connectivity index (χ3v) is 5.77. The molecule has 27 heavy (non-hydrogen) atoms. The molecule has 0 saturated carbocycles. The van der Waals surface area contributed by atoms with Gasteiger partial charge in [-0.3, -0.25) is 9.36 Å². The van der Waals surface area contributed by atoms with Crippen molar-refractivity contribution in [2.45, 2.75) is 25.8 Å². The highest BCUT2D eigenvalue weighted by atomic mass is 35.5. The quantitative estimate of drug-likeness (QED) is 0.456. The van der Waals surface area contributed by atoms with Gasteiger partial charge in [-0.1, -0.05) is 54.1 Å². The van der Waals surface area contributed by atoms with Gasteiger partial charge in [0.1, 0.15) is 15.9 Å². The Morgan fingerprint density at radius 3 is 2.59 bits per heavy atom. The smallest absolute Gasteiger partial charge is 0.273 e. The average molecular weight is 396 g/mol. The van der Waals surface area contributed by atoms with Crippen LogP contribution in [-0.2, 0) is 6.42 Å². The second-order valence-corrected chi connectivity index (χ2v) is 7.76. The normalized spacial score (nSPS) is 12.4. The maximum atomic E-state index is 13.0. The lowest BCUT2D eigenvalue weighted by molar-refractivity contribution is 0.490. The third kappa shape index (κ3) is 3.66. The number of hydrogen-bond acceptors (Lipinski definition) is 4. The number of nitrogens with zero attached hydrogens (tertiary/aromatic N) is 3. The standard InChI is InChI=1S/C21H18ClN3OS/c1-14(7-8-15-5-3-2-4-6-15)25-13-23-19-18(24-27-20(19)21(25)26)16-9-11-17(22)12-10-16/h2-6,9-14H,7-8H2,1H3/t14-/m1/s1. The van der Waals surface area contributed by atoms with Crippen LogP contribution in [0.25, 0.3) is 21.5 Å². The van der Waals surface area contributed by atoms with Crippen LogP contribution < -0.4 is 5.56 Å². The number of hydrogen-bond donors (Lipinski definition) is 0. The summed E-state index contributed by atoms with van der Waals surface area (Å²) in [7, 11) is 0. The van der Waals surface area contributed by atoms with E-state index in [2.05, 4.69) is 28.4 Å². The SMILES string of the molecule is C[C@H](CCc1ccccc1)n1cnc2c(-c3ccc(Cl)cc3)nsc2c1=O. The summed E-state index contributed by atoms with van der Waals surface area (Å²) >= 11 is 7.17. The minimum absolute atomic E-state index is 0.0294. The van der Waals surface area contributed by atoms with Gasteiger partial charge >= 0.3 is 0 Å². The zero-order chi connectivity index (χ0) is 18.8. The predicted molar refractivity (Wildman–Crippen MR) is 112 cm³/mol. The molecule has 0 aliphatic heterocycles. The van der Waals surface area contributed by atoms with E-state index >= 15 is 0 Å². The van der Waals surface area contributed by atoms with Gasteiger partial charge in [0.15, 0.2) is 0 Å². The summed E-state index contributed by atoms with van der Waals surface area (Å²) in [5.41, 5.74) is 3.53. The lowest BCUT2D eigenvalue weighted by Crippen LogP contribution is -2.23. The molecule has 0 N–H and O–H groups in total. The molecule has 0 radical (unpaired) electrons. The van der Waals surface area contributed by atoms with E-state index in [0.29, 0.717) is 15.2 Å². The van der Waals surface area contributed by atoms with E-state index in [4.69, 9.17) is 11.6 Å². The molecular weight excluding hydrogens is 378 g/mol. The number of aromatic nitrogens is 3. The van der Waals surface area contributed by atoms with E-state index < -0.39 is 0 Å². The van der Waals surface area contributed by atoms with Crippen LogP contribution in [0.4, 0.5) is 0 Å². The highest BCUT2D eigenvalue weighted by Crippen LogP contribution is 2.28. The molecular formula is C21H18ClN3OS. The molecule has 2 aromatic carbocycles. The average Bonchev–Trinajstić information content (AvgIpc) is 3.13. The van der Waals surface area contributed by atoms with Crippen molar-refractivity contribution in [3.8, 4) is 11.3 Å². The van der Waals surface area contributed by atoms with Crippen LogP contribution in [0.15, 0.2) is 65.7 Å². The van der Waals surface area contributed by atoms with Crippen LogP contribution in [0.2, 0.25) is 5.02 Å². The van der Waals surface area contributed by atoms with E-state index in [1.165, 1.54) is 17.1 Å². The molecule has 0 saturated heterocycles. The highest BCUT2D eigenvalue weighted by Gasteiger charge is 2.16. The molecule has 0 spiro atoms. The van der Waals surface area contributed by atoms with Crippen LogP contribution in [0.3, 0.4) is 0 Å². The maximum absolute atomic E-state index is 13.0. The van der Waals surface area contributed by atoms with Gasteiger partial charge < -0.3 is 0 Å².